The van der Waals surface area contributed by atoms with E-state index in [1.807, 2.05) is 0 Å². The molecule has 0 fully saturated rings. The molecule has 0 spiro atoms. The Bertz CT molecular complexity index is 726. The van der Waals surface area contributed by atoms with Crippen LogP contribution in [0, 0.1) is 18.6 Å². The van der Waals surface area contributed by atoms with Crippen LogP contribution in [0.4, 0.5) is 20.2 Å². The Balaban J connectivity index is 2.07. The number of nitrogens with two attached hydrogens (primary N) is 1. The maximum Gasteiger partial charge on any atom is 0.189 e. The van der Waals surface area contributed by atoms with Crippen molar-refractivity contribution < 1.29 is 18.4 Å². The molecular weight excluding hydrogens is 278 g/mol. The van der Waals surface area contributed by atoms with Crippen molar-refractivity contribution in [2.75, 3.05) is 17.3 Å². The molecule has 1 aliphatic heterocycles. The number of nitrogen functional groups attached to an aromatic ring is 1. The zero-order valence-electron chi connectivity index (χ0n) is 11.2. The summed E-state index contributed by atoms with van der Waals surface area (Å²) in [6.45, 7) is 1.42. The van der Waals surface area contributed by atoms with Crippen LogP contribution in [0.1, 0.15) is 15.9 Å². The predicted octanol–water partition coefficient (Wildman–Crippen LogP) is 2.85. The third kappa shape index (κ3) is 2.08. The van der Waals surface area contributed by atoms with E-state index < -0.39 is 11.6 Å². The number of fused-ring (bicyclic) bond motifs is 1. The van der Waals surface area contributed by atoms with E-state index in [2.05, 4.69) is 0 Å². The van der Waals surface area contributed by atoms with Crippen LogP contribution in [0.25, 0.3) is 0 Å². The number of hydrogen-bond donors (Lipinski definition) is 1. The molecule has 2 aromatic carbocycles. The van der Waals surface area contributed by atoms with Gasteiger partial charge in [0.05, 0.1) is 5.56 Å². The molecule has 1 aliphatic rings. The molecule has 108 valence electrons. The molecule has 0 saturated heterocycles. The number of ketones is 1. The average molecular weight is 290 g/mol. The molecule has 1 heterocycles. The van der Waals surface area contributed by atoms with Crippen LogP contribution in [0.5, 0.6) is 5.75 Å². The highest BCUT2D eigenvalue weighted by atomic mass is 19.1. The molecule has 4 nitrogen and oxygen atoms in total. The summed E-state index contributed by atoms with van der Waals surface area (Å²) < 4.78 is 27.6. The topological polar surface area (TPSA) is 55.6 Å². The van der Waals surface area contributed by atoms with Gasteiger partial charge < -0.3 is 10.6 Å². The summed E-state index contributed by atoms with van der Waals surface area (Å²) in [7, 11) is 0. The van der Waals surface area contributed by atoms with Crippen LogP contribution in [-0.4, -0.2) is 12.3 Å². The SMILES string of the molecule is Cc1c(N)ccc2c1C(=O)CN(c1c(F)cccc1F)O2. The Morgan fingerprint density at radius 3 is 2.52 bits per heavy atom. The fourth-order valence-corrected chi connectivity index (χ4v) is 2.34. The quantitative estimate of drug-likeness (QED) is 0.821. The number of para-hydroxylation sites is 1. The number of rotatable bonds is 1. The lowest BCUT2D eigenvalue weighted by molar-refractivity contribution is 0.0939. The minimum Gasteiger partial charge on any atom is -0.398 e. The van der Waals surface area contributed by atoms with Crippen molar-refractivity contribution in [3.8, 4) is 5.75 Å². The number of halogens is 2. The Kier molecular flexibility index (Phi) is 3.01. The number of Topliss-reactive ketones (excluding diaryl/α,β-unsaturated/α-hetero) is 1. The van der Waals surface area contributed by atoms with Crippen LogP contribution in [-0.2, 0) is 0 Å². The Morgan fingerprint density at radius 2 is 1.86 bits per heavy atom. The molecule has 6 heteroatoms. The van der Waals surface area contributed by atoms with Crippen molar-refractivity contribution in [3.63, 3.8) is 0 Å². The van der Waals surface area contributed by atoms with E-state index in [9.17, 15) is 13.6 Å². The maximum absolute atomic E-state index is 13.8. The van der Waals surface area contributed by atoms with Gasteiger partial charge in [-0.15, -0.1) is 0 Å². The summed E-state index contributed by atoms with van der Waals surface area (Å²) >= 11 is 0. The largest absolute Gasteiger partial charge is 0.398 e. The molecule has 21 heavy (non-hydrogen) atoms. The molecule has 0 saturated carbocycles. The van der Waals surface area contributed by atoms with Crippen molar-refractivity contribution >= 4 is 17.2 Å². The number of hydrogen-bond acceptors (Lipinski definition) is 4. The minimum absolute atomic E-state index is 0.237. The fourth-order valence-electron chi connectivity index (χ4n) is 2.34. The smallest absolute Gasteiger partial charge is 0.189 e. The summed E-state index contributed by atoms with van der Waals surface area (Å²) in [5, 5.41) is 0.922. The molecule has 2 aromatic rings. The number of anilines is 2. The second-order valence-corrected chi connectivity index (χ2v) is 4.77. The number of carbonyl (C=O) groups is 1. The van der Waals surface area contributed by atoms with Gasteiger partial charge in [0.2, 0.25) is 0 Å². The second kappa shape index (κ2) is 4.73. The Labute approximate surface area is 119 Å². The van der Waals surface area contributed by atoms with E-state index in [1.165, 1.54) is 12.1 Å². The Morgan fingerprint density at radius 1 is 1.19 bits per heavy atom. The first-order valence-corrected chi connectivity index (χ1v) is 6.31. The van der Waals surface area contributed by atoms with Gasteiger partial charge in [0.15, 0.2) is 23.2 Å². The van der Waals surface area contributed by atoms with Gasteiger partial charge in [-0.25, -0.2) is 8.78 Å². The third-order valence-corrected chi connectivity index (χ3v) is 3.43. The first-order valence-electron chi connectivity index (χ1n) is 6.31. The van der Waals surface area contributed by atoms with Crippen molar-refractivity contribution in [2.24, 2.45) is 0 Å². The van der Waals surface area contributed by atoms with Gasteiger partial charge in [-0.2, -0.15) is 5.06 Å². The summed E-state index contributed by atoms with van der Waals surface area (Å²) in [5.41, 5.74) is 6.80. The molecule has 0 aromatic heterocycles. The van der Waals surface area contributed by atoms with Crippen LogP contribution >= 0.6 is 0 Å². The summed E-state index contributed by atoms with van der Waals surface area (Å²) in [6.07, 6.45) is 0. The van der Waals surface area contributed by atoms with Crippen molar-refractivity contribution in [1.29, 1.82) is 0 Å². The van der Waals surface area contributed by atoms with Gasteiger partial charge in [0.25, 0.3) is 0 Å². The lowest BCUT2D eigenvalue weighted by Gasteiger charge is -2.30. The highest BCUT2D eigenvalue weighted by Crippen LogP contribution is 2.34. The molecular formula is C15H12F2N2O2. The highest BCUT2D eigenvalue weighted by Gasteiger charge is 2.30. The second-order valence-electron chi connectivity index (χ2n) is 4.77. The van der Waals surface area contributed by atoms with E-state index in [0.717, 1.165) is 17.2 Å². The molecule has 3 rings (SSSR count). The number of benzene rings is 2. The van der Waals surface area contributed by atoms with E-state index >= 15 is 0 Å². The standard InChI is InChI=1S/C15H12F2N2O2/c1-8-11(18)5-6-13-14(8)12(20)7-19(21-13)15-9(16)3-2-4-10(15)17/h2-6H,7,18H2,1H3. The van der Waals surface area contributed by atoms with E-state index in [1.54, 1.807) is 13.0 Å². The normalized spacial score (nSPS) is 13.9. The first kappa shape index (κ1) is 13.4. The van der Waals surface area contributed by atoms with E-state index in [0.29, 0.717) is 16.8 Å². The monoisotopic (exact) mass is 290 g/mol. The van der Waals surface area contributed by atoms with Gasteiger partial charge in [-0.3, -0.25) is 4.79 Å². The Hall–Kier alpha value is -2.63. The van der Waals surface area contributed by atoms with E-state index in [-0.39, 0.29) is 23.8 Å². The molecule has 0 atom stereocenters. The average Bonchev–Trinajstić information content (AvgIpc) is 2.42. The van der Waals surface area contributed by atoms with Crippen LogP contribution in [0.3, 0.4) is 0 Å². The van der Waals surface area contributed by atoms with Crippen molar-refractivity contribution in [1.82, 2.24) is 0 Å². The van der Waals surface area contributed by atoms with Gasteiger partial charge >= 0.3 is 0 Å². The first-order chi connectivity index (χ1) is 9.99. The van der Waals surface area contributed by atoms with Crippen LogP contribution < -0.4 is 15.6 Å². The van der Waals surface area contributed by atoms with Gasteiger partial charge in [-0.05, 0) is 36.8 Å². The minimum atomic E-state index is -0.793. The number of nitrogens with zero attached hydrogens (tertiary/aromatic N) is 1. The third-order valence-electron chi connectivity index (χ3n) is 3.43. The van der Waals surface area contributed by atoms with Crippen LogP contribution in [0.2, 0.25) is 0 Å². The summed E-state index contributed by atoms with van der Waals surface area (Å²) in [5.74, 6) is -1.65. The lowest BCUT2D eigenvalue weighted by Crippen LogP contribution is -2.39. The van der Waals surface area contributed by atoms with Crippen LogP contribution in [0.15, 0.2) is 30.3 Å². The van der Waals surface area contributed by atoms with Crippen molar-refractivity contribution in [2.45, 2.75) is 6.92 Å². The lowest BCUT2D eigenvalue weighted by atomic mass is 10.0. The molecule has 0 radical (unpaired) electrons. The zero-order valence-corrected chi connectivity index (χ0v) is 11.2. The number of hydroxylamine groups is 1. The molecule has 2 N–H and O–H groups in total. The van der Waals surface area contributed by atoms with Gasteiger partial charge in [-0.1, -0.05) is 6.07 Å². The molecule has 0 aliphatic carbocycles. The summed E-state index contributed by atoms with van der Waals surface area (Å²) in [4.78, 5) is 17.7. The molecule has 0 bridgehead atoms. The zero-order chi connectivity index (χ0) is 15.1. The fraction of sp³-hybridized carbons (Fsp3) is 0.133. The summed E-state index contributed by atoms with van der Waals surface area (Å²) in [6, 6.07) is 6.56. The molecule has 0 unspecified atom stereocenters. The predicted molar refractivity (Wildman–Crippen MR) is 74.3 cm³/mol. The molecule has 0 amide bonds. The number of carbonyl (C=O) groups excluding carboxylic acids is 1. The highest BCUT2D eigenvalue weighted by molar-refractivity contribution is 6.04. The maximum atomic E-state index is 13.8. The van der Waals surface area contributed by atoms with Gasteiger partial charge in [0.1, 0.15) is 12.2 Å². The van der Waals surface area contributed by atoms with E-state index in [4.69, 9.17) is 10.6 Å². The van der Waals surface area contributed by atoms with Gasteiger partial charge in [0, 0.05) is 5.69 Å². The van der Waals surface area contributed by atoms with Crippen molar-refractivity contribution in [3.05, 3.63) is 53.1 Å².